The molecule has 0 aliphatic heterocycles. The average molecular weight is 166 g/mol. The second-order valence-corrected chi connectivity index (χ2v) is 2.43. The van der Waals surface area contributed by atoms with Gasteiger partial charge in [0.25, 0.3) is 0 Å². The van der Waals surface area contributed by atoms with E-state index < -0.39 is 6.10 Å². The van der Waals surface area contributed by atoms with Crippen LogP contribution in [0.15, 0.2) is 29.7 Å². The van der Waals surface area contributed by atoms with Crippen LogP contribution in [0.1, 0.15) is 18.6 Å². The van der Waals surface area contributed by atoms with Crippen LogP contribution in [-0.4, -0.2) is 21.0 Å². The molecule has 64 valence electrons. The number of aromatic nitrogens is 1. The Morgan fingerprint density at radius 1 is 1.67 bits per heavy atom. The molecule has 4 heteroatoms. The first-order chi connectivity index (χ1) is 5.75. The van der Waals surface area contributed by atoms with Gasteiger partial charge in [0.15, 0.2) is 0 Å². The molecule has 0 aliphatic carbocycles. The van der Waals surface area contributed by atoms with Crippen molar-refractivity contribution in [3.05, 3.63) is 30.1 Å². The van der Waals surface area contributed by atoms with E-state index in [1.54, 1.807) is 18.3 Å². The van der Waals surface area contributed by atoms with E-state index in [0.29, 0.717) is 5.56 Å². The summed E-state index contributed by atoms with van der Waals surface area (Å²) < 4.78 is 0. The summed E-state index contributed by atoms with van der Waals surface area (Å²) >= 11 is 0. The van der Waals surface area contributed by atoms with Gasteiger partial charge in [-0.1, -0.05) is 11.2 Å². The normalized spacial score (nSPS) is 14.3. The van der Waals surface area contributed by atoms with Crippen LogP contribution in [-0.2, 0) is 0 Å². The zero-order valence-electron chi connectivity index (χ0n) is 6.68. The molecule has 1 aromatic heterocycles. The second-order valence-electron chi connectivity index (χ2n) is 2.43. The van der Waals surface area contributed by atoms with Gasteiger partial charge in [-0.25, -0.2) is 0 Å². The van der Waals surface area contributed by atoms with E-state index in [1.807, 2.05) is 0 Å². The number of pyridine rings is 1. The summed E-state index contributed by atoms with van der Waals surface area (Å²) in [5.41, 5.74) is 0.871. The number of hydrogen-bond donors (Lipinski definition) is 2. The molecular weight excluding hydrogens is 156 g/mol. The van der Waals surface area contributed by atoms with Gasteiger partial charge in [0, 0.05) is 18.0 Å². The highest BCUT2D eigenvalue weighted by Gasteiger charge is 2.10. The van der Waals surface area contributed by atoms with Gasteiger partial charge in [0.2, 0.25) is 0 Å². The molecule has 0 spiro atoms. The molecule has 1 heterocycles. The third-order valence-corrected chi connectivity index (χ3v) is 1.55. The molecule has 1 atom stereocenters. The molecule has 12 heavy (non-hydrogen) atoms. The Balaban J connectivity index is 2.86. The highest BCUT2D eigenvalue weighted by atomic mass is 16.4. The van der Waals surface area contributed by atoms with E-state index in [4.69, 9.17) is 5.21 Å². The minimum Gasteiger partial charge on any atom is -0.411 e. The summed E-state index contributed by atoms with van der Waals surface area (Å²) in [6, 6.07) is 3.43. The lowest BCUT2D eigenvalue weighted by atomic mass is 10.1. The minimum atomic E-state index is -0.872. The Labute approximate surface area is 70.2 Å². The van der Waals surface area contributed by atoms with Crippen molar-refractivity contribution in [2.75, 3.05) is 0 Å². The molecule has 1 rings (SSSR count). The Morgan fingerprint density at radius 3 is 2.92 bits per heavy atom. The summed E-state index contributed by atoms with van der Waals surface area (Å²) in [6.07, 6.45) is 2.27. The predicted molar refractivity (Wildman–Crippen MR) is 44.1 cm³/mol. The van der Waals surface area contributed by atoms with Crippen molar-refractivity contribution >= 4 is 5.71 Å². The van der Waals surface area contributed by atoms with Crippen LogP contribution in [0.5, 0.6) is 0 Å². The van der Waals surface area contributed by atoms with Gasteiger partial charge < -0.3 is 10.3 Å². The molecule has 0 saturated heterocycles. The number of rotatable bonds is 2. The average Bonchev–Trinajstić information content (AvgIpc) is 2.17. The molecule has 1 unspecified atom stereocenters. The van der Waals surface area contributed by atoms with Gasteiger partial charge in [-0.05, 0) is 13.0 Å². The van der Waals surface area contributed by atoms with Crippen molar-refractivity contribution in [2.24, 2.45) is 5.16 Å². The van der Waals surface area contributed by atoms with Crippen LogP contribution in [0.25, 0.3) is 0 Å². The van der Waals surface area contributed by atoms with Crippen molar-refractivity contribution < 1.29 is 10.3 Å². The van der Waals surface area contributed by atoms with Crippen molar-refractivity contribution in [1.82, 2.24) is 4.98 Å². The molecule has 0 saturated carbocycles. The quantitative estimate of drug-likeness (QED) is 0.391. The Morgan fingerprint density at radius 2 is 2.42 bits per heavy atom. The van der Waals surface area contributed by atoms with Crippen molar-refractivity contribution in [3.63, 3.8) is 0 Å². The number of aliphatic hydroxyl groups is 1. The molecule has 0 amide bonds. The van der Waals surface area contributed by atoms with Gasteiger partial charge in [0.1, 0.15) is 6.10 Å². The lowest BCUT2D eigenvalue weighted by Crippen LogP contribution is -2.08. The van der Waals surface area contributed by atoms with Gasteiger partial charge >= 0.3 is 0 Å². The number of nitrogens with zero attached hydrogens (tertiary/aromatic N) is 2. The summed E-state index contributed by atoms with van der Waals surface area (Å²) in [5.74, 6) is 0. The van der Waals surface area contributed by atoms with E-state index >= 15 is 0 Å². The zero-order chi connectivity index (χ0) is 8.97. The molecule has 4 nitrogen and oxygen atoms in total. The standard InChI is InChI=1S/C8H10N2O2/c1-6(10-12)8(11)7-3-2-4-9-5-7/h2-5,8,11-12H,1H3/b10-6-. The van der Waals surface area contributed by atoms with Crippen LogP contribution < -0.4 is 0 Å². The van der Waals surface area contributed by atoms with Crippen molar-refractivity contribution in [3.8, 4) is 0 Å². The van der Waals surface area contributed by atoms with Gasteiger partial charge in [-0.15, -0.1) is 0 Å². The zero-order valence-corrected chi connectivity index (χ0v) is 6.68. The highest BCUT2D eigenvalue weighted by molar-refractivity contribution is 5.86. The highest BCUT2D eigenvalue weighted by Crippen LogP contribution is 2.11. The first kappa shape index (κ1) is 8.67. The Kier molecular flexibility index (Phi) is 2.76. The topological polar surface area (TPSA) is 65.7 Å². The van der Waals surface area contributed by atoms with E-state index in [0.717, 1.165) is 0 Å². The van der Waals surface area contributed by atoms with Gasteiger partial charge in [-0.2, -0.15) is 0 Å². The van der Waals surface area contributed by atoms with Crippen molar-refractivity contribution in [2.45, 2.75) is 13.0 Å². The third-order valence-electron chi connectivity index (χ3n) is 1.55. The number of aliphatic hydroxyl groups excluding tert-OH is 1. The van der Waals surface area contributed by atoms with Gasteiger partial charge in [0.05, 0.1) is 5.71 Å². The van der Waals surface area contributed by atoms with Gasteiger partial charge in [-0.3, -0.25) is 4.98 Å². The molecule has 1 aromatic rings. The number of oxime groups is 1. The fourth-order valence-electron chi connectivity index (χ4n) is 0.834. The largest absolute Gasteiger partial charge is 0.411 e. The maximum Gasteiger partial charge on any atom is 0.122 e. The monoisotopic (exact) mass is 166 g/mol. The molecule has 0 bridgehead atoms. The van der Waals surface area contributed by atoms with Crippen LogP contribution in [0.2, 0.25) is 0 Å². The SMILES string of the molecule is C/C(=N/O)C(O)c1cccnc1. The van der Waals surface area contributed by atoms with Crippen molar-refractivity contribution in [1.29, 1.82) is 0 Å². The van der Waals surface area contributed by atoms with Crippen LogP contribution in [0, 0.1) is 0 Å². The minimum absolute atomic E-state index is 0.253. The van der Waals surface area contributed by atoms with E-state index in [9.17, 15) is 5.11 Å². The second kappa shape index (κ2) is 3.82. The first-order valence-corrected chi connectivity index (χ1v) is 3.52. The van der Waals surface area contributed by atoms with Crippen LogP contribution in [0.4, 0.5) is 0 Å². The molecule has 0 radical (unpaired) electrons. The lowest BCUT2D eigenvalue weighted by molar-refractivity contribution is 0.233. The fraction of sp³-hybridized carbons (Fsp3) is 0.250. The number of hydrogen-bond acceptors (Lipinski definition) is 4. The fourth-order valence-corrected chi connectivity index (χ4v) is 0.834. The molecule has 0 aromatic carbocycles. The molecule has 2 N–H and O–H groups in total. The summed E-state index contributed by atoms with van der Waals surface area (Å²) in [7, 11) is 0. The first-order valence-electron chi connectivity index (χ1n) is 3.52. The third kappa shape index (κ3) is 1.79. The summed E-state index contributed by atoms with van der Waals surface area (Å²) in [5, 5.41) is 20.7. The molecular formula is C8H10N2O2. The Hall–Kier alpha value is -1.42. The van der Waals surface area contributed by atoms with E-state index in [1.165, 1.54) is 13.1 Å². The molecule has 0 fully saturated rings. The maximum atomic E-state index is 9.46. The van der Waals surface area contributed by atoms with Crippen LogP contribution >= 0.6 is 0 Å². The van der Waals surface area contributed by atoms with E-state index in [-0.39, 0.29) is 5.71 Å². The van der Waals surface area contributed by atoms with Crippen LogP contribution in [0.3, 0.4) is 0 Å². The summed E-state index contributed by atoms with van der Waals surface area (Å²) in [6.45, 7) is 1.54. The van der Waals surface area contributed by atoms with E-state index in [2.05, 4.69) is 10.1 Å². The maximum absolute atomic E-state index is 9.46. The predicted octanol–water partition coefficient (Wildman–Crippen LogP) is 0.965. The molecule has 0 aliphatic rings. The smallest absolute Gasteiger partial charge is 0.122 e. The lowest BCUT2D eigenvalue weighted by Gasteiger charge is -2.07. The summed E-state index contributed by atoms with van der Waals surface area (Å²) in [4.78, 5) is 3.83. The Bertz CT molecular complexity index is 272.